The van der Waals surface area contributed by atoms with Crippen LogP contribution in [0, 0.1) is 0 Å². The summed E-state index contributed by atoms with van der Waals surface area (Å²) < 4.78 is 38.9. The van der Waals surface area contributed by atoms with Crippen LogP contribution in [-0.2, 0) is 12.6 Å². The maximum absolute atomic E-state index is 12.8. The minimum absolute atomic E-state index is 0.0511. The number of hydrogen-bond donors (Lipinski definition) is 2. The fourth-order valence-electron chi connectivity index (χ4n) is 1.57. The molecule has 8 heteroatoms. The number of hydrogen-bond acceptors (Lipinski definition) is 3. The summed E-state index contributed by atoms with van der Waals surface area (Å²) in [5.74, 6) is 0.623. The molecule has 0 saturated heterocycles. The van der Waals surface area contributed by atoms with Crippen molar-refractivity contribution in [3.8, 4) is 0 Å². The molecule has 0 radical (unpaired) electrons. The van der Waals surface area contributed by atoms with Crippen LogP contribution in [0.2, 0.25) is 0 Å². The topological polar surface area (TPSA) is 53.6 Å². The Morgan fingerprint density at radius 1 is 1.32 bits per heavy atom. The molecule has 0 fully saturated rings. The lowest BCUT2D eigenvalue weighted by Gasteiger charge is -2.14. The highest BCUT2D eigenvalue weighted by Crippen LogP contribution is 2.36. The molecule has 0 aliphatic heterocycles. The van der Waals surface area contributed by atoms with Crippen molar-refractivity contribution < 1.29 is 13.2 Å². The van der Waals surface area contributed by atoms with Gasteiger partial charge in [-0.15, -0.1) is 0 Å². The molecule has 0 aliphatic carbocycles. The number of rotatable bonds is 4. The summed E-state index contributed by atoms with van der Waals surface area (Å²) in [7, 11) is 0. The molecule has 1 aromatic heterocycles. The van der Waals surface area contributed by atoms with E-state index in [-0.39, 0.29) is 5.69 Å². The van der Waals surface area contributed by atoms with Crippen molar-refractivity contribution in [3.05, 3.63) is 40.4 Å². The quantitative estimate of drug-likeness (QED) is 0.902. The first-order valence-corrected chi connectivity index (χ1v) is 6.21. The van der Waals surface area contributed by atoms with Gasteiger partial charge >= 0.3 is 6.18 Å². The van der Waals surface area contributed by atoms with Crippen molar-refractivity contribution in [2.24, 2.45) is 0 Å². The first-order valence-electron chi connectivity index (χ1n) is 5.41. The van der Waals surface area contributed by atoms with E-state index in [1.54, 1.807) is 6.07 Å². The van der Waals surface area contributed by atoms with Gasteiger partial charge in [-0.3, -0.25) is 5.10 Å². The summed E-state index contributed by atoms with van der Waals surface area (Å²) >= 11 is 3.04. The molecule has 0 amide bonds. The van der Waals surface area contributed by atoms with Crippen LogP contribution >= 0.6 is 15.9 Å². The van der Waals surface area contributed by atoms with Crippen LogP contribution in [0.15, 0.2) is 29.0 Å². The number of benzene rings is 1. The molecule has 102 valence electrons. The normalized spacial score (nSPS) is 11.6. The zero-order chi connectivity index (χ0) is 13.9. The first kappa shape index (κ1) is 13.9. The van der Waals surface area contributed by atoms with Crippen molar-refractivity contribution in [1.29, 1.82) is 0 Å². The van der Waals surface area contributed by atoms with Crippen LogP contribution < -0.4 is 5.32 Å². The predicted octanol–water partition coefficient (Wildman–Crippen LogP) is 3.24. The first-order chi connectivity index (χ1) is 8.97. The number of nitrogens with zero attached hydrogens (tertiary/aromatic N) is 2. The van der Waals surface area contributed by atoms with Crippen LogP contribution in [-0.4, -0.2) is 21.7 Å². The Morgan fingerprint density at radius 3 is 2.74 bits per heavy atom. The van der Waals surface area contributed by atoms with Gasteiger partial charge < -0.3 is 5.32 Å². The van der Waals surface area contributed by atoms with E-state index in [4.69, 9.17) is 0 Å². The number of halogens is 4. The second-order valence-corrected chi connectivity index (χ2v) is 4.71. The molecular weight excluding hydrogens is 325 g/mol. The molecule has 0 spiro atoms. The maximum Gasteiger partial charge on any atom is 0.418 e. The monoisotopic (exact) mass is 334 g/mol. The van der Waals surface area contributed by atoms with Crippen molar-refractivity contribution >= 4 is 21.6 Å². The zero-order valence-electron chi connectivity index (χ0n) is 9.63. The fraction of sp³-hybridized carbons (Fsp3) is 0.273. The van der Waals surface area contributed by atoms with E-state index in [1.807, 2.05) is 0 Å². The van der Waals surface area contributed by atoms with Gasteiger partial charge in [-0.1, -0.05) is 15.9 Å². The molecule has 2 aromatic rings. The molecule has 0 bridgehead atoms. The van der Waals surface area contributed by atoms with Gasteiger partial charge in [-0.2, -0.15) is 18.3 Å². The number of H-pyrrole nitrogens is 1. The molecule has 4 nitrogen and oxygen atoms in total. The lowest BCUT2D eigenvalue weighted by molar-refractivity contribution is -0.137. The Hall–Kier alpha value is -1.57. The molecule has 19 heavy (non-hydrogen) atoms. The maximum atomic E-state index is 12.8. The van der Waals surface area contributed by atoms with Crippen LogP contribution in [0.3, 0.4) is 0 Å². The van der Waals surface area contributed by atoms with Gasteiger partial charge in [0.15, 0.2) is 0 Å². The van der Waals surface area contributed by atoms with Crippen LogP contribution in [0.25, 0.3) is 0 Å². The summed E-state index contributed by atoms with van der Waals surface area (Å²) in [6, 6.07) is 4.01. The molecule has 1 heterocycles. The van der Waals surface area contributed by atoms with E-state index in [9.17, 15) is 13.2 Å². The smallest absolute Gasteiger partial charge is 0.384 e. The van der Waals surface area contributed by atoms with Gasteiger partial charge in [-0.25, -0.2) is 4.98 Å². The lowest BCUT2D eigenvalue weighted by atomic mass is 10.1. The van der Waals surface area contributed by atoms with Gasteiger partial charge in [0.25, 0.3) is 0 Å². The van der Waals surface area contributed by atoms with E-state index in [0.717, 1.165) is 6.07 Å². The molecule has 0 atom stereocenters. The van der Waals surface area contributed by atoms with Crippen molar-refractivity contribution in [2.75, 3.05) is 11.9 Å². The number of anilines is 1. The number of aromatic nitrogens is 3. The Balaban J connectivity index is 2.07. The van der Waals surface area contributed by atoms with Crippen molar-refractivity contribution in [2.45, 2.75) is 12.6 Å². The third kappa shape index (κ3) is 3.69. The van der Waals surface area contributed by atoms with Crippen LogP contribution in [0.4, 0.5) is 18.9 Å². The lowest BCUT2D eigenvalue weighted by Crippen LogP contribution is -2.13. The van der Waals surface area contributed by atoms with Gasteiger partial charge in [-0.05, 0) is 18.2 Å². The zero-order valence-corrected chi connectivity index (χ0v) is 11.2. The van der Waals surface area contributed by atoms with Gasteiger partial charge in [0, 0.05) is 23.1 Å². The molecule has 1 aromatic carbocycles. The minimum Gasteiger partial charge on any atom is -0.384 e. The average Bonchev–Trinajstić information content (AvgIpc) is 2.83. The summed E-state index contributed by atoms with van der Waals surface area (Å²) in [5, 5.41) is 9.07. The van der Waals surface area contributed by atoms with Gasteiger partial charge in [0.05, 0.1) is 5.56 Å². The highest BCUT2D eigenvalue weighted by Gasteiger charge is 2.33. The van der Waals surface area contributed by atoms with Crippen molar-refractivity contribution in [3.63, 3.8) is 0 Å². The Bertz CT molecular complexity index is 539. The molecular formula is C11H10BrF3N4. The number of alkyl halides is 3. The Labute approximate surface area is 115 Å². The van der Waals surface area contributed by atoms with Crippen LogP contribution in [0.1, 0.15) is 11.4 Å². The molecule has 0 aliphatic rings. The largest absolute Gasteiger partial charge is 0.418 e. The summed E-state index contributed by atoms with van der Waals surface area (Å²) in [6.07, 6.45) is -2.57. The summed E-state index contributed by atoms with van der Waals surface area (Å²) in [6.45, 7) is 0.333. The predicted molar refractivity (Wildman–Crippen MR) is 67.7 cm³/mol. The Kier molecular flexibility index (Phi) is 4.08. The fourth-order valence-corrected chi connectivity index (χ4v) is 1.93. The summed E-state index contributed by atoms with van der Waals surface area (Å²) in [4.78, 5) is 3.90. The molecule has 0 saturated carbocycles. The second-order valence-electron chi connectivity index (χ2n) is 3.80. The third-order valence-corrected chi connectivity index (χ3v) is 2.92. The number of nitrogens with one attached hydrogen (secondary N) is 2. The van der Waals surface area contributed by atoms with E-state index < -0.39 is 11.7 Å². The Morgan fingerprint density at radius 2 is 2.11 bits per heavy atom. The molecule has 2 rings (SSSR count). The standard InChI is InChI=1S/C11H10BrF3N4/c12-7-1-2-9(8(5-7)11(13,14)15)16-4-3-10-17-6-18-19-10/h1-2,5-6,16H,3-4H2,(H,17,18,19). The number of aromatic amines is 1. The van der Waals surface area contributed by atoms with E-state index >= 15 is 0 Å². The van der Waals surface area contributed by atoms with Gasteiger partial charge in [0.2, 0.25) is 0 Å². The molecule has 0 unspecified atom stereocenters. The minimum atomic E-state index is -4.39. The van der Waals surface area contributed by atoms with E-state index in [0.29, 0.717) is 23.3 Å². The van der Waals surface area contributed by atoms with Crippen molar-refractivity contribution in [1.82, 2.24) is 15.2 Å². The highest BCUT2D eigenvalue weighted by atomic mass is 79.9. The highest BCUT2D eigenvalue weighted by molar-refractivity contribution is 9.10. The second kappa shape index (κ2) is 5.60. The third-order valence-electron chi connectivity index (χ3n) is 2.43. The van der Waals surface area contributed by atoms with E-state index in [2.05, 4.69) is 36.4 Å². The summed E-state index contributed by atoms with van der Waals surface area (Å²) in [5.41, 5.74) is -0.644. The average molecular weight is 335 g/mol. The van der Waals surface area contributed by atoms with E-state index in [1.165, 1.54) is 12.4 Å². The molecule has 2 N–H and O–H groups in total. The van der Waals surface area contributed by atoms with Gasteiger partial charge in [0.1, 0.15) is 12.2 Å². The van der Waals surface area contributed by atoms with Crippen LogP contribution in [0.5, 0.6) is 0 Å². The SMILES string of the molecule is FC(F)(F)c1cc(Br)ccc1NCCc1ncn[nH]1.